The van der Waals surface area contributed by atoms with Crippen molar-refractivity contribution in [3.63, 3.8) is 0 Å². The zero-order valence-electron chi connectivity index (χ0n) is 11.2. The van der Waals surface area contributed by atoms with Gasteiger partial charge in [-0.2, -0.15) is 0 Å². The quantitative estimate of drug-likeness (QED) is 0.798. The van der Waals surface area contributed by atoms with Gasteiger partial charge in [0.2, 0.25) is 0 Å². The Bertz CT molecular complexity index is 225. The molecule has 0 aromatic carbocycles. The molecule has 0 aliphatic heterocycles. The lowest BCUT2D eigenvalue weighted by Crippen LogP contribution is -2.62. The van der Waals surface area contributed by atoms with Gasteiger partial charge in [-0.05, 0) is 64.5 Å². The lowest BCUT2D eigenvalue weighted by atomic mass is 9.65. The highest BCUT2D eigenvalue weighted by atomic mass is 15.2. The van der Waals surface area contributed by atoms with Crippen LogP contribution in [0.15, 0.2) is 0 Å². The van der Waals surface area contributed by atoms with E-state index in [1.165, 1.54) is 44.9 Å². The minimum atomic E-state index is 0.303. The molecule has 0 aromatic rings. The van der Waals surface area contributed by atoms with Gasteiger partial charge in [0.1, 0.15) is 0 Å². The lowest BCUT2D eigenvalue weighted by Gasteiger charge is -2.52. The number of rotatable bonds is 3. The first-order chi connectivity index (χ1) is 7.56. The van der Waals surface area contributed by atoms with Crippen LogP contribution in [-0.2, 0) is 0 Å². The molecule has 0 saturated heterocycles. The Morgan fingerprint density at radius 3 is 2.06 bits per heavy atom. The van der Waals surface area contributed by atoms with Gasteiger partial charge in [-0.15, -0.1) is 0 Å². The van der Waals surface area contributed by atoms with Gasteiger partial charge >= 0.3 is 0 Å². The van der Waals surface area contributed by atoms with Gasteiger partial charge in [0.25, 0.3) is 0 Å². The van der Waals surface area contributed by atoms with Crippen molar-refractivity contribution in [2.75, 3.05) is 14.1 Å². The summed E-state index contributed by atoms with van der Waals surface area (Å²) in [4.78, 5) is 2.43. The molecule has 0 radical (unpaired) electrons. The van der Waals surface area contributed by atoms with Crippen molar-refractivity contribution in [2.45, 2.75) is 63.5 Å². The van der Waals surface area contributed by atoms with E-state index in [0.29, 0.717) is 11.6 Å². The van der Waals surface area contributed by atoms with Crippen molar-refractivity contribution in [3.8, 4) is 0 Å². The summed E-state index contributed by atoms with van der Waals surface area (Å²) in [7, 11) is 4.46. The minimum Gasteiger partial charge on any atom is -0.326 e. The lowest BCUT2D eigenvalue weighted by molar-refractivity contribution is 0.0203. The van der Waals surface area contributed by atoms with E-state index >= 15 is 0 Å². The van der Waals surface area contributed by atoms with Crippen LogP contribution in [-0.4, -0.2) is 30.6 Å². The van der Waals surface area contributed by atoms with E-state index in [1.54, 1.807) is 0 Å². The first-order valence-corrected chi connectivity index (χ1v) is 6.99. The molecule has 0 spiro atoms. The number of likely N-dealkylation sites (N-methyl/N-ethyl adjacent to an activating group) is 1. The Hall–Kier alpha value is -0.0800. The third-order valence-corrected chi connectivity index (χ3v) is 5.31. The second-order valence-corrected chi connectivity index (χ2v) is 6.40. The third kappa shape index (κ3) is 2.02. The molecule has 2 nitrogen and oxygen atoms in total. The van der Waals surface area contributed by atoms with Gasteiger partial charge in [0, 0.05) is 11.6 Å². The first-order valence-electron chi connectivity index (χ1n) is 6.99. The summed E-state index contributed by atoms with van der Waals surface area (Å²) in [5.74, 6) is 1.71. The summed E-state index contributed by atoms with van der Waals surface area (Å²) in [5.41, 5.74) is 6.90. The van der Waals surface area contributed by atoms with Crippen LogP contribution >= 0.6 is 0 Å². The molecule has 0 bridgehead atoms. The van der Waals surface area contributed by atoms with Gasteiger partial charge in [0.15, 0.2) is 0 Å². The molecule has 2 N–H and O–H groups in total. The topological polar surface area (TPSA) is 29.3 Å². The standard InChI is InChI=1S/C14H28N2/c1-11-7-9-14(10-8-11,16(2)3)13(15)12-5-4-6-12/h11-13H,4-10,15H2,1-3H3. The molecular weight excluding hydrogens is 196 g/mol. The maximum atomic E-state index is 6.59. The van der Waals surface area contributed by atoms with Crippen molar-refractivity contribution >= 4 is 0 Å². The van der Waals surface area contributed by atoms with E-state index in [0.717, 1.165) is 11.8 Å². The largest absolute Gasteiger partial charge is 0.326 e. The zero-order chi connectivity index (χ0) is 11.8. The number of nitrogens with zero attached hydrogens (tertiary/aromatic N) is 1. The molecule has 0 amide bonds. The smallest absolute Gasteiger partial charge is 0.0357 e. The summed E-state index contributed by atoms with van der Waals surface area (Å²) in [5, 5.41) is 0. The maximum absolute atomic E-state index is 6.59. The van der Waals surface area contributed by atoms with E-state index in [4.69, 9.17) is 5.73 Å². The monoisotopic (exact) mass is 224 g/mol. The van der Waals surface area contributed by atoms with Crippen LogP contribution in [0.2, 0.25) is 0 Å². The van der Waals surface area contributed by atoms with Crippen molar-refractivity contribution in [1.29, 1.82) is 0 Å². The summed E-state index contributed by atoms with van der Waals surface area (Å²) < 4.78 is 0. The second-order valence-electron chi connectivity index (χ2n) is 6.40. The van der Waals surface area contributed by atoms with E-state index in [-0.39, 0.29) is 0 Å². The molecule has 94 valence electrons. The SMILES string of the molecule is CC1CCC(C(N)C2CCC2)(N(C)C)CC1. The molecular formula is C14H28N2. The molecule has 16 heavy (non-hydrogen) atoms. The highest BCUT2D eigenvalue weighted by Gasteiger charge is 2.45. The molecule has 2 aliphatic rings. The number of hydrogen-bond acceptors (Lipinski definition) is 2. The van der Waals surface area contributed by atoms with E-state index in [9.17, 15) is 0 Å². The summed E-state index contributed by atoms with van der Waals surface area (Å²) in [6, 6.07) is 0.406. The van der Waals surface area contributed by atoms with Crippen molar-refractivity contribution in [3.05, 3.63) is 0 Å². The molecule has 1 atom stereocenters. The highest BCUT2D eigenvalue weighted by Crippen LogP contribution is 2.43. The molecule has 2 saturated carbocycles. The normalized spacial score (nSPS) is 38.4. The first kappa shape index (κ1) is 12.4. The highest BCUT2D eigenvalue weighted by molar-refractivity contribution is 5.03. The van der Waals surface area contributed by atoms with Gasteiger partial charge in [-0.3, -0.25) is 0 Å². The third-order valence-electron chi connectivity index (χ3n) is 5.31. The Morgan fingerprint density at radius 2 is 1.69 bits per heavy atom. The van der Waals surface area contributed by atoms with E-state index in [2.05, 4.69) is 25.9 Å². The van der Waals surface area contributed by atoms with Gasteiger partial charge in [0.05, 0.1) is 0 Å². The molecule has 2 fully saturated rings. The average Bonchev–Trinajstić information content (AvgIpc) is 2.15. The fourth-order valence-electron chi connectivity index (χ4n) is 3.58. The molecule has 1 unspecified atom stereocenters. The zero-order valence-corrected chi connectivity index (χ0v) is 11.2. The van der Waals surface area contributed by atoms with Crippen LogP contribution in [0.1, 0.15) is 51.9 Å². The fraction of sp³-hybridized carbons (Fsp3) is 1.00. The summed E-state index contributed by atoms with van der Waals surface area (Å²) in [6.07, 6.45) is 9.46. The van der Waals surface area contributed by atoms with Crippen LogP contribution in [0.5, 0.6) is 0 Å². The Kier molecular flexibility index (Phi) is 3.60. The van der Waals surface area contributed by atoms with E-state index in [1.807, 2.05) is 0 Å². The maximum Gasteiger partial charge on any atom is 0.0357 e. The van der Waals surface area contributed by atoms with Crippen LogP contribution < -0.4 is 5.73 Å². The molecule has 2 heteroatoms. The van der Waals surface area contributed by atoms with Gasteiger partial charge < -0.3 is 10.6 Å². The van der Waals surface area contributed by atoms with Gasteiger partial charge in [-0.25, -0.2) is 0 Å². The Morgan fingerprint density at radius 1 is 1.12 bits per heavy atom. The van der Waals surface area contributed by atoms with Crippen LogP contribution in [0.3, 0.4) is 0 Å². The summed E-state index contributed by atoms with van der Waals surface area (Å²) >= 11 is 0. The van der Waals surface area contributed by atoms with Crippen molar-refractivity contribution < 1.29 is 0 Å². The molecule has 0 aromatic heterocycles. The van der Waals surface area contributed by atoms with Crippen LogP contribution in [0.25, 0.3) is 0 Å². The van der Waals surface area contributed by atoms with Gasteiger partial charge in [-0.1, -0.05) is 13.3 Å². The Balaban J connectivity index is 2.08. The minimum absolute atomic E-state index is 0.303. The molecule has 0 heterocycles. The Labute approximate surface area is 101 Å². The summed E-state index contributed by atoms with van der Waals surface area (Å²) in [6.45, 7) is 2.38. The second kappa shape index (κ2) is 4.66. The molecule has 2 aliphatic carbocycles. The van der Waals surface area contributed by atoms with Crippen LogP contribution in [0.4, 0.5) is 0 Å². The predicted molar refractivity (Wildman–Crippen MR) is 69.4 cm³/mol. The number of hydrogen-bond donors (Lipinski definition) is 1. The van der Waals surface area contributed by atoms with Crippen molar-refractivity contribution in [2.24, 2.45) is 17.6 Å². The average molecular weight is 224 g/mol. The predicted octanol–water partition coefficient (Wildman–Crippen LogP) is 2.62. The van der Waals surface area contributed by atoms with Crippen molar-refractivity contribution in [1.82, 2.24) is 4.90 Å². The fourth-order valence-corrected chi connectivity index (χ4v) is 3.58. The van der Waals surface area contributed by atoms with Crippen LogP contribution in [0, 0.1) is 11.8 Å². The number of nitrogens with two attached hydrogens (primary N) is 1. The molecule has 2 rings (SSSR count). The van der Waals surface area contributed by atoms with E-state index < -0.39 is 0 Å².